The van der Waals surface area contributed by atoms with Gasteiger partial charge in [0.1, 0.15) is 5.75 Å². The SMILES string of the molecule is CCC(=O)Oc1ccc(C=Nc2ccc(C)cc2)cc1. The summed E-state index contributed by atoms with van der Waals surface area (Å²) in [5.41, 5.74) is 3.09. The van der Waals surface area contributed by atoms with Crippen LogP contribution in [0.3, 0.4) is 0 Å². The highest BCUT2D eigenvalue weighted by Crippen LogP contribution is 2.14. The Bertz CT molecular complexity index is 598. The van der Waals surface area contributed by atoms with Crippen LogP contribution in [0.4, 0.5) is 5.69 Å². The van der Waals surface area contributed by atoms with Gasteiger partial charge in [0.15, 0.2) is 0 Å². The molecule has 0 atom stereocenters. The predicted octanol–water partition coefficient (Wildman–Crippen LogP) is 4.06. The second-order valence-corrected chi connectivity index (χ2v) is 4.49. The number of rotatable bonds is 4. The molecule has 0 aliphatic carbocycles. The van der Waals surface area contributed by atoms with Gasteiger partial charge in [-0.05, 0) is 48.9 Å². The number of carbonyl (C=O) groups excluding carboxylic acids is 1. The molecule has 0 aliphatic heterocycles. The second-order valence-electron chi connectivity index (χ2n) is 4.49. The molecular weight excluding hydrogens is 250 g/mol. The maximum absolute atomic E-state index is 11.2. The zero-order valence-corrected chi connectivity index (χ0v) is 11.7. The van der Waals surface area contributed by atoms with Gasteiger partial charge in [0.25, 0.3) is 0 Å². The molecule has 3 heteroatoms. The van der Waals surface area contributed by atoms with Crippen LogP contribution in [0.1, 0.15) is 24.5 Å². The van der Waals surface area contributed by atoms with Crippen molar-refractivity contribution in [2.75, 3.05) is 0 Å². The Morgan fingerprint density at radius 3 is 2.35 bits per heavy atom. The average Bonchev–Trinajstić information content (AvgIpc) is 2.48. The molecule has 0 unspecified atom stereocenters. The lowest BCUT2D eigenvalue weighted by molar-refractivity contribution is -0.134. The zero-order chi connectivity index (χ0) is 14.4. The molecule has 0 saturated heterocycles. The average molecular weight is 267 g/mol. The molecule has 2 aromatic rings. The van der Waals surface area contributed by atoms with Gasteiger partial charge in [0.2, 0.25) is 0 Å². The first-order valence-corrected chi connectivity index (χ1v) is 6.59. The number of aryl methyl sites for hydroxylation is 1. The van der Waals surface area contributed by atoms with Gasteiger partial charge in [-0.2, -0.15) is 0 Å². The van der Waals surface area contributed by atoms with E-state index in [2.05, 4.69) is 4.99 Å². The van der Waals surface area contributed by atoms with E-state index in [0.29, 0.717) is 12.2 Å². The Morgan fingerprint density at radius 2 is 1.75 bits per heavy atom. The maximum atomic E-state index is 11.2. The van der Waals surface area contributed by atoms with Gasteiger partial charge in [-0.25, -0.2) is 0 Å². The fourth-order valence-electron chi connectivity index (χ4n) is 1.61. The van der Waals surface area contributed by atoms with E-state index in [4.69, 9.17) is 4.74 Å². The molecule has 3 nitrogen and oxygen atoms in total. The summed E-state index contributed by atoms with van der Waals surface area (Å²) in [4.78, 5) is 15.5. The van der Waals surface area contributed by atoms with Crippen LogP contribution >= 0.6 is 0 Å². The highest BCUT2D eigenvalue weighted by Gasteiger charge is 2.00. The summed E-state index contributed by atoms with van der Waals surface area (Å²) in [5.74, 6) is 0.329. The third-order valence-corrected chi connectivity index (χ3v) is 2.80. The molecule has 0 radical (unpaired) electrons. The molecule has 0 saturated carbocycles. The van der Waals surface area contributed by atoms with Crippen LogP contribution in [0.15, 0.2) is 53.5 Å². The Hall–Kier alpha value is -2.42. The Labute approximate surface area is 118 Å². The van der Waals surface area contributed by atoms with Crippen LogP contribution in [-0.2, 0) is 4.79 Å². The lowest BCUT2D eigenvalue weighted by Crippen LogP contribution is -2.05. The van der Waals surface area contributed by atoms with Crippen molar-refractivity contribution >= 4 is 17.9 Å². The van der Waals surface area contributed by atoms with Gasteiger partial charge in [0, 0.05) is 12.6 Å². The Balaban J connectivity index is 2.03. The summed E-state index contributed by atoms with van der Waals surface area (Å²) < 4.78 is 5.11. The van der Waals surface area contributed by atoms with Crippen LogP contribution < -0.4 is 4.74 Å². The largest absolute Gasteiger partial charge is 0.427 e. The van der Waals surface area contributed by atoms with E-state index in [1.54, 1.807) is 25.3 Å². The van der Waals surface area contributed by atoms with Gasteiger partial charge in [-0.15, -0.1) is 0 Å². The lowest BCUT2D eigenvalue weighted by atomic mass is 10.2. The quantitative estimate of drug-likeness (QED) is 0.476. The molecule has 2 rings (SSSR count). The summed E-state index contributed by atoms with van der Waals surface area (Å²) in [6.45, 7) is 3.81. The first-order valence-electron chi connectivity index (χ1n) is 6.59. The van der Waals surface area contributed by atoms with E-state index < -0.39 is 0 Å². The summed E-state index contributed by atoms with van der Waals surface area (Å²) in [6, 6.07) is 15.3. The smallest absolute Gasteiger partial charge is 0.310 e. The molecule has 0 aliphatic rings. The van der Waals surface area contributed by atoms with Crippen molar-refractivity contribution in [3.05, 3.63) is 59.7 Å². The summed E-state index contributed by atoms with van der Waals surface area (Å²) >= 11 is 0. The maximum Gasteiger partial charge on any atom is 0.310 e. The first kappa shape index (κ1) is 14.0. The van der Waals surface area contributed by atoms with Gasteiger partial charge >= 0.3 is 5.97 Å². The number of benzene rings is 2. The van der Waals surface area contributed by atoms with Gasteiger partial charge < -0.3 is 4.74 Å². The molecule has 0 spiro atoms. The van der Waals surface area contributed by atoms with E-state index in [1.807, 2.05) is 43.3 Å². The number of nitrogens with zero attached hydrogens (tertiary/aromatic N) is 1. The number of esters is 1. The first-order chi connectivity index (χ1) is 9.67. The molecule has 0 aromatic heterocycles. The van der Waals surface area contributed by atoms with Gasteiger partial charge in [-0.3, -0.25) is 9.79 Å². The topological polar surface area (TPSA) is 38.7 Å². The summed E-state index contributed by atoms with van der Waals surface area (Å²) in [6.07, 6.45) is 2.16. The summed E-state index contributed by atoms with van der Waals surface area (Å²) in [5, 5.41) is 0. The van der Waals surface area contributed by atoms with Gasteiger partial charge in [0.05, 0.1) is 5.69 Å². The number of hydrogen-bond acceptors (Lipinski definition) is 3. The number of ether oxygens (including phenoxy) is 1. The van der Waals surface area contributed by atoms with E-state index in [-0.39, 0.29) is 5.97 Å². The molecule has 102 valence electrons. The molecular formula is C17H17NO2. The van der Waals surface area contributed by atoms with Crippen molar-refractivity contribution in [3.8, 4) is 5.75 Å². The van der Waals surface area contributed by atoms with Crippen molar-refractivity contribution in [2.45, 2.75) is 20.3 Å². The molecule has 0 N–H and O–H groups in total. The van der Waals surface area contributed by atoms with Crippen LogP contribution in [0.5, 0.6) is 5.75 Å². The van der Waals surface area contributed by atoms with Crippen molar-refractivity contribution in [2.24, 2.45) is 4.99 Å². The van der Waals surface area contributed by atoms with Crippen LogP contribution in [0, 0.1) is 6.92 Å². The second kappa shape index (κ2) is 6.66. The predicted molar refractivity (Wildman–Crippen MR) is 80.8 cm³/mol. The fraction of sp³-hybridized carbons (Fsp3) is 0.176. The van der Waals surface area contributed by atoms with Gasteiger partial charge in [-0.1, -0.05) is 24.6 Å². The molecule has 0 heterocycles. The van der Waals surface area contributed by atoms with Crippen molar-refractivity contribution in [1.29, 1.82) is 0 Å². The van der Waals surface area contributed by atoms with E-state index in [1.165, 1.54) is 5.56 Å². The monoisotopic (exact) mass is 267 g/mol. The molecule has 20 heavy (non-hydrogen) atoms. The minimum Gasteiger partial charge on any atom is -0.427 e. The Morgan fingerprint density at radius 1 is 1.10 bits per heavy atom. The standard InChI is InChI=1S/C17H17NO2/c1-3-17(19)20-16-10-6-14(7-11-16)12-18-15-8-4-13(2)5-9-15/h4-12H,3H2,1-2H3. The molecule has 0 amide bonds. The molecule has 0 bridgehead atoms. The van der Waals surface area contributed by atoms with Crippen molar-refractivity contribution in [3.63, 3.8) is 0 Å². The van der Waals surface area contributed by atoms with Crippen molar-refractivity contribution < 1.29 is 9.53 Å². The fourth-order valence-corrected chi connectivity index (χ4v) is 1.61. The molecule has 0 fully saturated rings. The lowest BCUT2D eigenvalue weighted by Gasteiger charge is -2.02. The normalized spacial score (nSPS) is 10.7. The third kappa shape index (κ3) is 4.05. The minimum atomic E-state index is -0.230. The zero-order valence-electron chi connectivity index (χ0n) is 11.7. The number of hydrogen-bond donors (Lipinski definition) is 0. The third-order valence-electron chi connectivity index (χ3n) is 2.80. The highest BCUT2D eigenvalue weighted by atomic mass is 16.5. The Kier molecular flexibility index (Phi) is 4.66. The van der Waals surface area contributed by atoms with Crippen LogP contribution in [0.25, 0.3) is 0 Å². The van der Waals surface area contributed by atoms with Crippen LogP contribution in [-0.4, -0.2) is 12.2 Å². The number of aliphatic imine (C=N–C) groups is 1. The van der Waals surface area contributed by atoms with Crippen molar-refractivity contribution in [1.82, 2.24) is 0 Å². The summed E-state index contributed by atoms with van der Waals surface area (Å²) in [7, 11) is 0. The molecule has 2 aromatic carbocycles. The van der Waals surface area contributed by atoms with E-state index in [0.717, 1.165) is 11.3 Å². The van der Waals surface area contributed by atoms with E-state index >= 15 is 0 Å². The number of carbonyl (C=O) groups is 1. The van der Waals surface area contributed by atoms with Crippen LogP contribution in [0.2, 0.25) is 0 Å². The van der Waals surface area contributed by atoms with E-state index in [9.17, 15) is 4.79 Å². The minimum absolute atomic E-state index is 0.230. The highest BCUT2D eigenvalue weighted by molar-refractivity contribution is 5.82.